The van der Waals surface area contributed by atoms with Gasteiger partial charge in [-0.15, -0.1) is 24.0 Å². The van der Waals surface area contributed by atoms with Crippen LogP contribution in [0.25, 0.3) is 0 Å². The number of hydrogen-bond donors (Lipinski definition) is 2. The van der Waals surface area contributed by atoms with Crippen molar-refractivity contribution in [2.75, 3.05) is 38.8 Å². The summed E-state index contributed by atoms with van der Waals surface area (Å²) >= 11 is 0. The summed E-state index contributed by atoms with van der Waals surface area (Å²) in [6, 6.07) is 9.38. The molecule has 0 amide bonds. The molecule has 31 heavy (non-hydrogen) atoms. The van der Waals surface area contributed by atoms with Crippen molar-refractivity contribution in [2.24, 2.45) is 4.99 Å². The van der Waals surface area contributed by atoms with Gasteiger partial charge in [0.15, 0.2) is 5.96 Å². The highest BCUT2D eigenvalue weighted by molar-refractivity contribution is 14.0. The molecule has 1 atom stereocenters. The summed E-state index contributed by atoms with van der Waals surface area (Å²) in [5, 5.41) is 6.57. The number of methoxy groups -OCH3 is 2. The molecule has 3 rings (SSSR count). The second-order valence-corrected chi connectivity index (χ2v) is 7.08. The van der Waals surface area contributed by atoms with Crippen LogP contribution in [0.15, 0.2) is 41.4 Å². The second kappa shape index (κ2) is 11.9. The fraction of sp³-hybridized carbons (Fsp3) is 0.409. The lowest BCUT2D eigenvalue weighted by Gasteiger charge is -2.21. The minimum atomic E-state index is -0.472. The third kappa shape index (κ3) is 6.84. The van der Waals surface area contributed by atoms with E-state index in [4.69, 9.17) is 9.47 Å². The molecule has 0 spiro atoms. The van der Waals surface area contributed by atoms with Gasteiger partial charge in [0.05, 0.1) is 20.8 Å². The molecule has 1 saturated heterocycles. The summed E-state index contributed by atoms with van der Waals surface area (Å²) in [5.74, 6) is 1.13. The van der Waals surface area contributed by atoms with Gasteiger partial charge in [-0.1, -0.05) is 0 Å². The highest BCUT2D eigenvalue weighted by Gasteiger charge is 2.24. The molecule has 1 unspecified atom stereocenters. The van der Waals surface area contributed by atoms with Crippen molar-refractivity contribution in [3.63, 3.8) is 0 Å². The number of nitrogens with one attached hydrogen (secondary N) is 2. The summed E-state index contributed by atoms with van der Waals surface area (Å²) in [7, 11) is 3.26. The van der Waals surface area contributed by atoms with E-state index in [9.17, 15) is 8.78 Å². The summed E-state index contributed by atoms with van der Waals surface area (Å²) < 4.78 is 38.0. The average Bonchev–Trinajstić information content (AvgIpc) is 3.22. The minimum absolute atomic E-state index is 0. The quantitative estimate of drug-likeness (QED) is 0.313. The van der Waals surface area contributed by atoms with E-state index >= 15 is 0 Å². The molecule has 1 aliphatic heterocycles. The second-order valence-electron chi connectivity index (χ2n) is 7.08. The molecule has 2 N–H and O–H groups in total. The Hall–Kier alpha value is -2.30. The van der Waals surface area contributed by atoms with Crippen molar-refractivity contribution in [1.82, 2.24) is 10.6 Å². The molecule has 0 radical (unpaired) electrons. The van der Waals surface area contributed by atoms with Crippen molar-refractivity contribution in [1.29, 1.82) is 0 Å². The first-order chi connectivity index (χ1) is 14.5. The maximum absolute atomic E-state index is 13.9. The monoisotopic (exact) mass is 546 g/mol. The maximum atomic E-state index is 13.9. The van der Waals surface area contributed by atoms with Gasteiger partial charge >= 0.3 is 0 Å². The number of aliphatic imine (C=N–C) groups is 1. The summed E-state index contributed by atoms with van der Waals surface area (Å²) in [6.07, 6.45) is 0.915. The fourth-order valence-corrected chi connectivity index (χ4v) is 3.43. The van der Waals surface area contributed by atoms with Crippen LogP contribution in [0.4, 0.5) is 14.5 Å². The molecule has 2 aromatic carbocycles. The molecule has 1 heterocycles. The third-order valence-corrected chi connectivity index (χ3v) is 4.99. The third-order valence-electron chi connectivity index (χ3n) is 4.99. The van der Waals surface area contributed by atoms with Crippen LogP contribution < -0.4 is 25.0 Å². The van der Waals surface area contributed by atoms with Crippen LogP contribution in [0, 0.1) is 11.6 Å². The SMILES string of the molecule is CCNC(=NCc1cc(F)ccc1F)NC1CCN(c2cc(OC)cc(OC)c2)C1.I. The molecule has 1 aliphatic rings. The van der Waals surface area contributed by atoms with Crippen LogP contribution in [0.2, 0.25) is 0 Å². The molecule has 6 nitrogen and oxygen atoms in total. The number of guanidine groups is 1. The van der Waals surface area contributed by atoms with Gasteiger partial charge in [0, 0.05) is 55.1 Å². The van der Waals surface area contributed by atoms with Gasteiger partial charge in [-0.25, -0.2) is 13.8 Å². The molecule has 0 aromatic heterocycles. The standard InChI is InChI=1S/C22H28F2N4O2.HI/c1-4-25-22(26-13-15-9-16(23)5-6-21(15)24)27-17-7-8-28(14-17)18-10-19(29-2)12-20(11-18)30-3;/h5-6,9-12,17H,4,7-8,13-14H2,1-3H3,(H2,25,26,27);1H. The summed E-state index contributed by atoms with van der Waals surface area (Å²) in [5.41, 5.74) is 1.25. The van der Waals surface area contributed by atoms with Crippen LogP contribution in [-0.4, -0.2) is 45.9 Å². The molecule has 2 aromatic rings. The predicted molar refractivity (Wildman–Crippen MR) is 130 cm³/mol. The Morgan fingerprint density at radius 1 is 1.13 bits per heavy atom. The number of halogens is 3. The highest BCUT2D eigenvalue weighted by Crippen LogP contribution is 2.30. The average molecular weight is 546 g/mol. The Morgan fingerprint density at radius 3 is 2.48 bits per heavy atom. The van der Waals surface area contributed by atoms with Gasteiger partial charge in [0.2, 0.25) is 0 Å². The first-order valence-corrected chi connectivity index (χ1v) is 9.99. The fourth-order valence-electron chi connectivity index (χ4n) is 3.43. The van der Waals surface area contributed by atoms with Crippen molar-refractivity contribution in [2.45, 2.75) is 25.9 Å². The Kier molecular flexibility index (Phi) is 9.60. The molecule has 0 bridgehead atoms. The van der Waals surface area contributed by atoms with E-state index in [0.717, 1.165) is 48.8 Å². The maximum Gasteiger partial charge on any atom is 0.191 e. The van der Waals surface area contributed by atoms with Crippen LogP contribution >= 0.6 is 24.0 Å². The lowest BCUT2D eigenvalue weighted by Crippen LogP contribution is -2.44. The van der Waals surface area contributed by atoms with E-state index < -0.39 is 11.6 Å². The Bertz CT molecular complexity index is 876. The van der Waals surface area contributed by atoms with Crippen LogP contribution in [-0.2, 0) is 6.54 Å². The first-order valence-electron chi connectivity index (χ1n) is 9.99. The van der Waals surface area contributed by atoms with Crippen LogP contribution in [0.1, 0.15) is 18.9 Å². The Morgan fingerprint density at radius 2 is 1.84 bits per heavy atom. The van der Waals surface area contributed by atoms with E-state index in [1.165, 1.54) is 6.07 Å². The molecule has 170 valence electrons. The van der Waals surface area contributed by atoms with Crippen molar-refractivity contribution in [3.8, 4) is 11.5 Å². The highest BCUT2D eigenvalue weighted by atomic mass is 127. The number of benzene rings is 2. The van der Waals surface area contributed by atoms with Crippen LogP contribution in [0.5, 0.6) is 11.5 Å². The van der Waals surface area contributed by atoms with Crippen molar-refractivity contribution in [3.05, 3.63) is 53.6 Å². The predicted octanol–water partition coefficient (Wildman–Crippen LogP) is 3.93. The topological polar surface area (TPSA) is 58.1 Å². The van der Waals surface area contributed by atoms with Gasteiger partial charge in [-0.05, 0) is 31.5 Å². The molecule has 1 fully saturated rings. The molecule has 9 heteroatoms. The zero-order valence-electron chi connectivity index (χ0n) is 18.0. The van der Waals surface area contributed by atoms with Gasteiger partial charge in [0.25, 0.3) is 0 Å². The molecular formula is C22H29F2IN4O2. The van der Waals surface area contributed by atoms with Crippen molar-refractivity contribution >= 4 is 35.6 Å². The Labute approximate surface area is 199 Å². The van der Waals surface area contributed by atoms with E-state index in [2.05, 4.69) is 20.5 Å². The molecular weight excluding hydrogens is 517 g/mol. The van der Waals surface area contributed by atoms with Gasteiger partial charge in [-0.3, -0.25) is 0 Å². The lowest BCUT2D eigenvalue weighted by atomic mass is 10.2. The molecule has 0 saturated carbocycles. The normalized spacial score (nSPS) is 16.0. The van der Waals surface area contributed by atoms with E-state index in [1.54, 1.807) is 14.2 Å². The number of nitrogens with zero attached hydrogens (tertiary/aromatic N) is 2. The van der Waals surface area contributed by atoms with Gasteiger partial charge < -0.3 is 25.0 Å². The van der Waals surface area contributed by atoms with Crippen molar-refractivity contribution < 1.29 is 18.3 Å². The van der Waals surface area contributed by atoms with E-state index in [-0.39, 0.29) is 42.1 Å². The first kappa shape index (κ1) is 25.0. The number of anilines is 1. The van der Waals surface area contributed by atoms with E-state index in [0.29, 0.717) is 12.5 Å². The number of hydrogen-bond acceptors (Lipinski definition) is 4. The molecule has 0 aliphatic carbocycles. The number of ether oxygens (including phenoxy) is 2. The smallest absolute Gasteiger partial charge is 0.191 e. The number of rotatable bonds is 7. The minimum Gasteiger partial charge on any atom is -0.497 e. The Balaban J connectivity index is 0.00000341. The summed E-state index contributed by atoms with van der Waals surface area (Å²) in [4.78, 5) is 6.68. The zero-order valence-corrected chi connectivity index (χ0v) is 20.3. The van der Waals surface area contributed by atoms with E-state index in [1.807, 2.05) is 25.1 Å². The largest absolute Gasteiger partial charge is 0.497 e. The summed E-state index contributed by atoms with van der Waals surface area (Å²) in [6.45, 7) is 4.33. The van der Waals surface area contributed by atoms with Crippen LogP contribution in [0.3, 0.4) is 0 Å². The lowest BCUT2D eigenvalue weighted by molar-refractivity contribution is 0.394. The zero-order chi connectivity index (χ0) is 21.5. The van der Waals surface area contributed by atoms with Gasteiger partial charge in [0.1, 0.15) is 23.1 Å². The van der Waals surface area contributed by atoms with Gasteiger partial charge in [-0.2, -0.15) is 0 Å².